The first kappa shape index (κ1) is 22.5. The minimum Gasteiger partial charge on any atom is -0.483 e. The number of carbonyl (C=O) groups excluding carboxylic acids is 1. The van der Waals surface area contributed by atoms with Crippen molar-refractivity contribution < 1.29 is 36.0 Å². The van der Waals surface area contributed by atoms with Crippen LogP contribution in [0.5, 0.6) is 5.75 Å². The van der Waals surface area contributed by atoms with Crippen LogP contribution in [0.4, 0.5) is 24.5 Å². The summed E-state index contributed by atoms with van der Waals surface area (Å²) in [6.07, 6.45) is -4.61. The van der Waals surface area contributed by atoms with Gasteiger partial charge in [-0.05, 0) is 43.2 Å². The molecule has 1 aliphatic heterocycles. The van der Waals surface area contributed by atoms with E-state index >= 15 is 0 Å². The van der Waals surface area contributed by atoms with Crippen LogP contribution in [0.2, 0.25) is 0 Å². The van der Waals surface area contributed by atoms with Crippen molar-refractivity contribution in [2.45, 2.75) is 30.5 Å². The van der Waals surface area contributed by atoms with E-state index in [-0.39, 0.29) is 4.90 Å². The van der Waals surface area contributed by atoms with Gasteiger partial charge >= 0.3 is 6.18 Å². The Labute approximate surface area is 174 Å². The van der Waals surface area contributed by atoms with Gasteiger partial charge in [0, 0.05) is 23.9 Å². The third-order valence-electron chi connectivity index (χ3n) is 4.69. The number of non-ortho nitro benzene ring substituents is 1. The third kappa shape index (κ3) is 4.61. The summed E-state index contributed by atoms with van der Waals surface area (Å²) in [5.74, 6) is -1.39. The summed E-state index contributed by atoms with van der Waals surface area (Å²) < 4.78 is 67.8. The Morgan fingerprint density at radius 2 is 1.97 bits per heavy atom. The Hall–Kier alpha value is -3.19. The number of sulfonamides is 1. The quantitative estimate of drug-likeness (QED) is 0.540. The highest BCUT2D eigenvalue weighted by Crippen LogP contribution is 2.39. The number of primary sulfonamides is 1. The van der Waals surface area contributed by atoms with Crippen LogP contribution in [0.15, 0.2) is 41.3 Å². The van der Waals surface area contributed by atoms with Gasteiger partial charge in [-0.1, -0.05) is 0 Å². The van der Waals surface area contributed by atoms with Crippen LogP contribution in [0.3, 0.4) is 0 Å². The zero-order valence-electron chi connectivity index (χ0n) is 15.9. The number of nitro benzene ring substituents is 1. The highest BCUT2D eigenvalue weighted by Gasteiger charge is 2.37. The van der Waals surface area contributed by atoms with E-state index < -0.39 is 56.7 Å². The summed E-state index contributed by atoms with van der Waals surface area (Å²) in [5, 5.41) is 15.9. The number of hydrogen-bond acceptors (Lipinski definition) is 6. The normalized spacial score (nSPS) is 16.2. The second-order valence-corrected chi connectivity index (χ2v) is 8.44. The fourth-order valence-corrected chi connectivity index (χ4v) is 3.92. The number of nitrogens with zero attached hydrogens (tertiary/aromatic N) is 2. The van der Waals surface area contributed by atoms with E-state index in [0.29, 0.717) is 23.7 Å². The molecule has 0 aliphatic carbocycles. The average Bonchev–Trinajstić information content (AvgIpc) is 2.99. The number of benzene rings is 2. The summed E-state index contributed by atoms with van der Waals surface area (Å²) in [6.45, 7) is 0.920. The standard InChI is InChI=1S/C18H16F3N3O6S/c1-10-6-11-7-13(31(22,28)29)3-4-15(11)23(10)17(25)9-30-16-5-2-12(24(26)27)8-14(16)18(19,20)21/h2-5,7-8,10H,6,9H2,1H3,(H2,22,28,29). The van der Waals surface area contributed by atoms with Gasteiger partial charge in [0.1, 0.15) is 11.3 Å². The first-order valence-electron chi connectivity index (χ1n) is 8.75. The third-order valence-corrected chi connectivity index (χ3v) is 5.61. The number of hydrogen-bond donors (Lipinski definition) is 1. The van der Waals surface area contributed by atoms with E-state index in [2.05, 4.69) is 0 Å². The highest BCUT2D eigenvalue weighted by molar-refractivity contribution is 7.89. The van der Waals surface area contributed by atoms with Crippen LogP contribution in [-0.4, -0.2) is 31.9 Å². The Morgan fingerprint density at radius 1 is 1.29 bits per heavy atom. The molecule has 0 aromatic heterocycles. The number of carbonyl (C=O) groups is 1. The van der Waals surface area contributed by atoms with Gasteiger partial charge in [-0.15, -0.1) is 0 Å². The lowest BCUT2D eigenvalue weighted by Crippen LogP contribution is -2.39. The molecule has 0 saturated carbocycles. The number of fused-ring (bicyclic) bond motifs is 1. The van der Waals surface area contributed by atoms with Gasteiger partial charge in [0.05, 0.1) is 9.82 Å². The molecule has 1 aliphatic rings. The number of halogens is 3. The van der Waals surface area contributed by atoms with Crippen molar-refractivity contribution in [1.29, 1.82) is 0 Å². The van der Waals surface area contributed by atoms with Crippen molar-refractivity contribution in [2.24, 2.45) is 5.14 Å². The maximum absolute atomic E-state index is 13.3. The first-order valence-corrected chi connectivity index (χ1v) is 10.3. The molecule has 0 bridgehead atoms. The van der Waals surface area contributed by atoms with Gasteiger partial charge in [0.15, 0.2) is 6.61 Å². The SMILES string of the molecule is CC1Cc2cc(S(N)(=O)=O)ccc2N1C(=O)COc1ccc([N+](=O)[O-])cc1C(F)(F)F. The second-order valence-electron chi connectivity index (χ2n) is 6.88. The van der Waals surface area contributed by atoms with Gasteiger partial charge in [-0.2, -0.15) is 13.2 Å². The molecule has 3 rings (SSSR count). The number of nitro groups is 1. The molecule has 0 fully saturated rings. The topological polar surface area (TPSA) is 133 Å². The summed E-state index contributed by atoms with van der Waals surface area (Å²) in [5.41, 5.74) is -1.20. The van der Waals surface area contributed by atoms with Gasteiger partial charge in [-0.25, -0.2) is 13.6 Å². The number of rotatable bonds is 5. The van der Waals surface area contributed by atoms with E-state index in [1.54, 1.807) is 6.92 Å². The average molecular weight is 459 g/mol. The predicted molar refractivity (Wildman–Crippen MR) is 102 cm³/mol. The first-order chi connectivity index (χ1) is 14.3. The molecule has 1 heterocycles. The Morgan fingerprint density at radius 3 is 2.55 bits per heavy atom. The zero-order valence-corrected chi connectivity index (χ0v) is 16.7. The van der Waals surface area contributed by atoms with E-state index in [1.807, 2.05) is 0 Å². The van der Waals surface area contributed by atoms with Crippen LogP contribution in [0.25, 0.3) is 0 Å². The molecule has 1 amide bonds. The minimum atomic E-state index is -4.93. The van der Waals surface area contributed by atoms with Gasteiger partial charge in [-0.3, -0.25) is 14.9 Å². The Balaban J connectivity index is 1.83. The molecule has 9 nitrogen and oxygen atoms in total. The summed E-state index contributed by atoms with van der Waals surface area (Å²) in [6, 6.07) is 5.52. The molecule has 0 radical (unpaired) electrons. The number of alkyl halides is 3. The van der Waals surface area contributed by atoms with E-state index in [1.165, 1.54) is 23.1 Å². The van der Waals surface area contributed by atoms with Crippen LogP contribution < -0.4 is 14.8 Å². The monoisotopic (exact) mass is 459 g/mol. The number of nitrogens with two attached hydrogens (primary N) is 1. The highest BCUT2D eigenvalue weighted by atomic mass is 32.2. The Bertz CT molecular complexity index is 1170. The molecule has 166 valence electrons. The van der Waals surface area contributed by atoms with Crippen LogP contribution >= 0.6 is 0 Å². The number of ether oxygens (including phenoxy) is 1. The van der Waals surface area contributed by atoms with Crippen molar-refractivity contribution in [2.75, 3.05) is 11.5 Å². The van der Waals surface area contributed by atoms with Gasteiger partial charge in [0.25, 0.3) is 11.6 Å². The molecule has 31 heavy (non-hydrogen) atoms. The fraction of sp³-hybridized carbons (Fsp3) is 0.278. The largest absolute Gasteiger partial charge is 0.483 e. The molecule has 1 atom stereocenters. The zero-order chi connectivity index (χ0) is 23.1. The summed E-state index contributed by atoms with van der Waals surface area (Å²) >= 11 is 0. The molecule has 0 spiro atoms. The second kappa shape index (κ2) is 7.81. The van der Waals surface area contributed by atoms with Crippen molar-refractivity contribution in [3.05, 3.63) is 57.6 Å². The molecule has 13 heteroatoms. The summed E-state index contributed by atoms with van der Waals surface area (Å²) in [7, 11) is -3.94. The summed E-state index contributed by atoms with van der Waals surface area (Å²) in [4.78, 5) is 23.6. The van der Waals surface area contributed by atoms with Crippen molar-refractivity contribution in [3.8, 4) is 5.75 Å². The number of anilines is 1. The van der Waals surface area contributed by atoms with Gasteiger partial charge < -0.3 is 9.64 Å². The molecule has 2 N–H and O–H groups in total. The van der Waals surface area contributed by atoms with E-state index in [4.69, 9.17) is 9.88 Å². The van der Waals surface area contributed by atoms with Crippen molar-refractivity contribution >= 4 is 27.3 Å². The van der Waals surface area contributed by atoms with Crippen LogP contribution in [0.1, 0.15) is 18.1 Å². The predicted octanol–water partition coefficient (Wildman–Crippen LogP) is 2.62. The van der Waals surface area contributed by atoms with Crippen molar-refractivity contribution in [1.82, 2.24) is 0 Å². The maximum Gasteiger partial charge on any atom is 0.420 e. The molecule has 1 unspecified atom stereocenters. The van der Waals surface area contributed by atoms with Crippen molar-refractivity contribution in [3.63, 3.8) is 0 Å². The Kier molecular flexibility index (Phi) is 5.67. The fourth-order valence-electron chi connectivity index (χ4n) is 3.35. The molecular formula is C18H16F3N3O6S. The lowest BCUT2D eigenvalue weighted by atomic mass is 10.1. The van der Waals surface area contributed by atoms with E-state index in [9.17, 15) is 36.5 Å². The van der Waals surface area contributed by atoms with Crippen LogP contribution in [-0.2, 0) is 27.4 Å². The molecule has 0 saturated heterocycles. The molecular weight excluding hydrogens is 443 g/mol. The van der Waals surface area contributed by atoms with Gasteiger partial charge in [0.2, 0.25) is 10.0 Å². The van der Waals surface area contributed by atoms with E-state index in [0.717, 1.165) is 12.1 Å². The maximum atomic E-state index is 13.3. The molecule has 2 aromatic rings. The lowest BCUT2D eigenvalue weighted by molar-refractivity contribution is -0.385. The number of amides is 1. The van der Waals surface area contributed by atoms with Crippen LogP contribution in [0, 0.1) is 10.1 Å². The molecule has 2 aromatic carbocycles. The lowest BCUT2D eigenvalue weighted by Gasteiger charge is -2.23. The minimum absolute atomic E-state index is 0.121. The smallest absolute Gasteiger partial charge is 0.420 e.